The van der Waals surface area contributed by atoms with Crippen molar-refractivity contribution in [3.63, 3.8) is 0 Å². The van der Waals surface area contributed by atoms with E-state index in [-0.39, 0.29) is 12.3 Å². The Morgan fingerprint density at radius 3 is 2.64 bits per heavy atom. The van der Waals surface area contributed by atoms with Crippen LogP contribution in [0.25, 0.3) is 0 Å². The summed E-state index contributed by atoms with van der Waals surface area (Å²) in [7, 11) is 1.68. The number of hydrogen-bond acceptors (Lipinski definition) is 4. The van der Waals surface area contributed by atoms with E-state index in [2.05, 4.69) is 59.1 Å². The highest BCUT2D eigenvalue weighted by Crippen LogP contribution is 2.45. The van der Waals surface area contributed by atoms with Crippen molar-refractivity contribution in [2.75, 3.05) is 7.11 Å². The fourth-order valence-electron chi connectivity index (χ4n) is 3.48. The first-order valence-electron chi connectivity index (χ1n) is 8.53. The largest absolute Gasteiger partial charge is 0.497 e. The third-order valence-electron chi connectivity index (χ3n) is 4.78. The molecule has 0 spiro atoms. The molecule has 0 saturated heterocycles. The molecule has 0 fully saturated rings. The monoisotopic (exact) mass is 400 g/mol. The van der Waals surface area contributed by atoms with Crippen LogP contribution in [0.3, 0.4) is 0 Å². The number of methoxy groups -OCH3 is 1. The minimum absolute atomic E-state index is 0.0468. The van der Waals surface area contributed by atoms with Crippen molar-refractivity contribution in [2.45, 2.75) is 32.5 Å². The van der Waals surface area contributed by atoms with Crippen LogP contribution >= 0.6 is 15.9 Å². The Kier molecular flexibility index (Phi) is 4.20. The van der Waals surface area contributed by atoms with Gasteiger partial charge in [-0.3, -0.25) is 0 Å². The molecule has 2 aliphatic rings. The molecule has 0 aliphatic carbocycles. The lowest BCUT2D eigenvalue weighted by Gasteiger charge is -2.40. The molecule has 4 nitrogen and oxygen atoms in total. The Labute approximate surface area is 156 Å². The molecule has 2 aliphatic heterocycles. The molecule has 0 amide bonds. The SMILES string of the molecule is COc1ccc(C2=NN3[C@@H](C2)c2cc(Br)ccc2O[C@H]3C(C)C)cc1. The van der Waals surface area contributed by atoms with Gasteiger partial charge in [-0.15, -0.1) is 0 Å². The Bertz CT molecular complexity index is 817. The minimum atomic E-state index is -0.0468. The van der Waals surface area contributed by atoms with Crippen LogP contribution in [0.5, 0.6) is 11.5 Å². The molecular weight excluding hydrogens is 380 g/mol. The second-order valence-electron chi connectivity index (χ2n) is 6.81. The van der Waals surface area contributed by atoms with Gasteiger partial charge in [0.05, 0.1) is 18.9 Å². The van der Waals surface area contributed by atoms with Gasteiger partial charge in [-0.25, -0.2) is 5.01 Å². The number of rotatable bonds is 3. The van der Waals surface area contributed by atoms with Gasteiger partial charge in [0.1, 0.15) is 11.5 Å². The summed E-state index contributed by atoms with van der Waals surface area (Å²) in [6.45, 7) is 4.35. The highest BCUT2D eigenvalue weighted by atomic mass is 79.9. The van der Waals surface area contributed by atoms with Gasteiger partial charge in [0.2, 0.25) is 0 Å². The van der Waals surface area contributed by atoms with Gasteiger partial charge in [0.25, 0.3) is 0 Å². The normalized spacial score (nSPS) is 21.5. The van der Waals surface area contributed by atoms with E-state index in [0.29, 0.717) is 5.92 Å². The first-order chi connectivity index (χ1) is 12.1. The fraction of sp³-hybridized carbons (Fsp3) is 0.350. The predicted octanol–water partition coefficient (Wildman–Crippen LogP) is 4.98. The molecule has 2 atom stereocenters. The molecule has 0 unspecified atom stereocenters. The van der Waals surface area contributed by atoms with E-state index in [1.54, 1.807) is 7.11 Å². The van der Waals surface area contributed by atoms with E-state index in [1.807, 2.05) is 18.2 Å². The van der Waals surface area contributed by atoms with E-state index in [1.165, 1.54) is 5.56 Å². The van der Waals surface area contributed by atoms with Crippen LogP contribution in [0.15, 0.2) is 52.0 Å². The van der Waals surface area contributed by atoms with Crippen molar-refractivity contribution >= 4 is 21.6 Å². The Hall–Kier alpha value is -2.01. The minimum Gasteiger partial charge on any atom is -0.497 e. The van der Waals surface area contributed by atoms with Crippen LogP contribution in [0.4, 0.5) is 0 Å². The molecule has 0 N–H and O–H groups in total. The number of fused-ring (bicyclic) bond motifs is 3. The molecule has 4 rings (SSSR count). The molecule has 0 aromatic heterocycles. The topological polar surface area (TPSA) is 34.1 Å². The van der Waals surface area contributed by atoms with E-state index in [0.717, 1.165) is 33.7 Å². The van der Waals surface area contributed by atoms with Crippen molar-refractivity contribution in [3.05, 3.63) is 58.1 Å². The van der Waals surface area contributed by atoms with Crippen molar-refractivity contribution < 1.29 is 9.47 Å². The molecule has 2 aromatic carbocycles. The average Bonchev–Trinajstić information content (AvgIpc) is 3.06. The summed E-state index contributed by atoms with van der Waals surface area (Å²) in [5, 5.41) is 7.07. The standard InChI is InChI=1S/C20H21BrN2O2/c1-12(2)20-23-18(16-10-14(21)6-9-19(16)25-20)11-17(22-23)13-4-7-15(24-3)8-5-13/h4-10,12,18,20H,11H2,1-3H3/t18-,20-/m0/s1. The van der Waals surface area contributed by atoms with Gasteiger partial charge in [-0.1, -0.05) is 29.8 Å². The van der Waals surface area contributed by atoms with E-state index in [4.69, 9.17) is 14.6 Å². The van der Waals surface area contributed by atoms with Crippen LogP contribution in [-0.4, -0.2) is 24.1 Å². The van der Waals surface area contributed by atoms with Crippen molar-refractivity contribution in [2.24, 2.45) is 11.0 Å². The zero-order valence-corrected chi connectivity index (χ0v) is 16.2. The zero-order chi connectivity index (χ0) is 17.6. The first kappa shape index (κ1) is 16.5. The lowest BCUT2D eigenvalue weighted by molar-refractivity contribution is -0.0461. The summed E-state index contributed by atoms with van der Waals surface area (Å²) in [5.74, 6) is 2.17. The Balaban J connectivity index is 1.72. The summed E-state index contributed by atoms with van der Waals surface area (Å²) in [6.07, 6.45) is 0.831. The van der Waals surface area contributed by atoms with E-state index in [9.17, 15) is 0 Å². The highest BCUT2D eigenvalue weighted by Gasteiger charge is 2.41. The second kappa shape index (κ2) is 6.37. The van der Waals surface area contributed by atoms with Crippen LogP contribution < -0.4 is 9.47 Å². The number of benzene rings is 2. The summed E-state index contributed by atoms with van der Waals surface area (Å²) >= 11 is 3.58. The molecule has 0 saturated carbocycles. The molecule has 0 radical (unpaired) electrons. The number of halogens is 1. The molecule has 2 heterocycles. The average molecular weight is 401 g/mol. The van der Waals surface area contributed by atoms with Gasteiger partial charge in [-0.2, -0.15) is 5.10 Å². The summed E-state index contributed by atoms with van der Waals surface area (Å²) < 4.78 is 12.6. The highest BCUT2D eigenvalue weighted by molar-refractivity contribution is 9.10. The lowest BCUT2D eigenvalue weighted by atomic mass is 9.95. The summed E-state index contributed by atoms with van der Waals surface area (Å²) in [6, 6.07) is 14.6. The Morgan fingerprint density at radius 2 is 1.96 bits per heavy atom. The van der Waals surface area contributed by atoms with Crippen LogP contribution in [0, 0.1) is 5.92 Å². The summed E-state index contributed by atoms with van der Waals surface area (Å²) in [5.41, 5.74) is 3.42. The molecular formula is C20H21BrN2O2. The van der Waals surface area contributed by atoms with Crippen LogP contribution in [0.1, 0.15) is 37.4 Å². The summed E-state index contributed by atoms with van der Waals surface area (Å²) in [4.78, 5) is 0. The molecule has 5 heteroatoms. The van der Waals surface area contributed by atoms with Crippen molar-refractivity contribution in [1.29, 1.82) is 0 Å². The van der Waals surface area contributed by atoms with Crippen molar-refractivity contribution in [3.8, 4) is 11.5 Å². The number of nitrogens with zero attached hydrogens (tertiary/aromatic N) is 2. The molecule has 0 bridgehead atoms. The number of hydrazone groups is 1. The third kappa shape index (κ3) is 2.91. The lowest BCUT2D eigenvalue weighted by Crippen LogP contribution is -2.43. The molecule has 25 heavy (non-hydrogen) atoms. The van der Waals surface area contributed by atoms with Crippen molar-refractivity contribution in [1.82, 2.24) is 5.01 Å². The third-order valence-corrected chi connectivity index (χ3v) is 5.27. The fourth-order valence-corrected chi connectivity index (χ4v) is 3.86. The van der Waals surface area contributed by atoms with Gasteiger partial charge in [0, 0.05) is 22.4 Å². The van der Waals surface area contributed by atoms with Gasteiger partial charge in [-0.05, 0) is 48.0 Å². The predicted molar refractivity (Wildman–Crippen MR) is 102 cm³/mol. The zero-order valence-electron chi connectivity index (χ0n) is 14.6. The quantitative estimate of drug-likeness (QED) is 0.727. The number of hydrogen-bond donors (Lipinski definition) is 0. The van der Waals surface area contributed by atoms with Gasteiger partial charge >= 0.3 is 0 Å². The maximum atomic E-state index is 6.26. The number of ether oxygens (including phenoxy) is 2. The second-order valence-corrected chi connectivity index (χ2v) is 7.73. The van der Waals surface area contributed by atoms with E-state index >= 15 is 0 Å². The molecule has 130 valence electrons. The van der Waals surface area contributed by atoms with Gasteiger partial charge in [0.15, 0.2) is 6.23 Å². The maximum Gasteiger partial charge on any atom is 0.190 e. The van der Waals surface area contributed by atoms with Gasteiger partial charge < -0.3 is 9.47 Å². The van der Waals surface area contributed by atoms with Crippen LogP contribution in [0.2, 0.25) is 0 Å². The molecule has 2 aromatic rings. The van der Waals surface area contributed by atoms with E-state index < -0.39 is 0 Å². The Morgan fingerprint density at radius 1 is 1.20 bits per heavy atom. The smallest absolute Gasteiger partial charge is 0.190 e. The first-order valence-corrected chi connectivity index (χ1v) is 9.32. The maximum absolute atomic E-state index is 6.26. The van der Waals surface area contributed by atoms with Crippen LogP contribution in [-0.2, 0) is 0 Å².